The zero-order valence-corrected chi connectivity index (χ0v) is 25.5. The van der Waals surface area contributed by atoms with Gasteiger partial charge in [-0.3, -0.25) is 0 Å². The van der Waals surface area contributed by atoms with Gasteiger partial charge in [-0.1, -0.05) is 84.9 Å². The van der Waals surface area contributed by atoms with E-state index >= 15 is 0 Å². The van der Waals surface area contributed by atoms with Crippen molar-refractivity contribution < 1.29 is 0 Å². The van der Waals surface area contributed by atoms with Gasteiger partial charge >= 0.3 is 0 Å². The maximum absolute atomic E-state index is 2.54. The normalized spacial score (nSPS) is 12.7. The third-order valence-electron chi connectivity index (χ3n) is 9.80. The van der Waals surface area contributed by atoms with Crippen LogP contribution in [0.2, 0.25) is 0 Å². The maximum atomic E-state index is 2.54. The molecule has 0 saturated carbocycles. The van der Waals surface area contributed by atoms with Crippen LogP contribution in [0.25, 0.3) is 75.2 Å². The molecule has 0 unspecified atom stereocenters. The quantitative estimate of drug-likeness (QED) is 0.192. The molecule has 46 heavy (non-hydrogen) atoms. The van der Waals surface area contributed by atoms with E-state index in [4.69, 9.17) is 0 Å². The molecule has 10 aromatic rings. The van der Waals surface area contributed by atoms with Gasteiger partial charge in [0.15, 0.2) is 0 Å². The fourth-order valence-electron chi connectivity index (χ4n) is 7.97. The fraction of sp³-hybridized carbons (Fsp3) is 0. The number of hydrogen-bond acceptors (Lipinski definition) is 2. The summed E-state index contributed by atoms with van der Waals surface area (Å²) in [6.45, 7) is 0. The first kappa shape index (κ1) is 24.5. The molecule has 0 spiro atoms. The van der Waals surface area contributed by atoms with Crippen molar-refractivity contribution in [2.24, 2.45) is 0 Å². The molecule has 3 aromatic heterocycles. The van der Waals surface area contributed by atoms with Gasteiger partial charge < -0.3 is 14.0 Å². The van der Waals surface area contributed by atoms with Crippen LogP contribution in [0, 0.1) is 0 Å². The third kappa shape index (κ3) is 3.06. The van der Waals surface area contributed by atoms with Gasteiger partial charge in [0, 0.05) is 53.1 Å². The predicted octanol–water partition coefficient (Wildman–Crippen LogP) is 12.0. The van der Waals surface area contributed by atoms with E-state index in [0.29, 0.717) is 0 Å². The van der Waals surface area contributed by atoms with Crippen LogP contribution in [0.1, 0.15) is 0 Å². The molecule has 7 aromatic carbocycles. The lowest BCUT2D eigenvalue weighted by Crippen LogP contribution is -2.18. The molecule has 0 N–H and O–H groups in total. The second kappa shape index (κ2) is 8.87. The van der Waals surface area contributed by atoms with E-state index in [1.54, 1.807) is 0 Å². The van der Waals surface area contributed by atoms with Gasteiger partial charge in [0.2, 0.25) is 0 Å². The van der Waals surface area contributed by atoms with E-state index in [9.17, 15) is 0 Å². The Hall–Kier alpha value is -5.84. The van der Waals surface area contributed by atoms with E-state index in [1.807, 2.05) is 11.3 Å². The number of rotatable bonds is 2. The summed E-state index contributed by atoms with van der Waals surface area (Å²) in [5.41, 5.74) is 10.9. The molecular formula is C42H25N3S. The molecule has 4 heterocycles. The first-order valence-corrected chi connectivity index (χ1v) is 16.5. The molecule has 0 fully saturated rings. The lowest BCUT2D eigenvalue weighted by Gasteiger charge is -2.33. The van der Waals surface area contributed by atoms with Gasteiger partial charge in [0.1, 0.15) is 0 Å². The van der Waals surface area contributed by atoms with Crippen LogP contribution in [0.15, 0.2) is 152 Å². The summed E-state index contributed by atoms with van der Waals surface area (Å²) in [4.78, 5) is 2.47. The molecule has 0 bridgehead atoms. The molecule has 214 valence electrons. The number of aromatic nitrogens is 2. The van der Waals surface area contributed by atoms with Gasteiger partial charge in [-0.2, -0.15) is 0 Å². The van der Waals surface area contributed by atoms with Crippen molar-refractivity contribution >= 4 is 92.2 Å². The molecule has 0 saturated heterocycles. The van der Waals surface area contributed by atoms with Gasteiger partial charge in [-0.25, -0.2) is 0 Å². The topological polar surface area (TPSA) is 13.1 Å². The summed E-state index contributed by atoms with van der Waals surface area (Å²) in [5, 5.41) is 7.72. The molecular weight excluding hydrogens is 579 g/mol. The Kier molecular flexibility index (Phi) is 4.72. The number of para-hydroxylation sites is 5. The summed E-state index contributed by atoms with van der Waals surface area (Å²) in [6.07, 6.45) is 0. The Bertz CT molecular complexity index is 2870. The van der Waals surface area contributed by atoms with Crippen molar-refractivity contribution in [3.63, 3.8) is 0 Å². The molecule has 1 aliphatic heterocycles. The molecule has 11 rings (SSSR count). The minimum Gasteiger partial charge on any atom is -0.309 e. The second-order valence-electron chi connectivity index (χ2n) is 12.2. The Balaban J connectivity index is 1.29. The summed E-state index contributed by atoms with van der Waals surface area (Å²) >= 11 is 1.87. The van der Waals surface area contributed by atoms with Crippen molar-refractivity contribution in [3.05, 3.63) is 152 Å². The van der Waals surface area contributed by atoms with Crippen LogP contribution in [-0.4, -0.2) is 9.13 Å². The minimum absolute atomic E-state index is 1.17. The van der Waals surface area contributed by atoms with Crippen molar-refractivity contribution in [3.8, 4) is 11.4 Å². The molecule has 0 radical (unpaired) electrons. The number of anilines is 3. The fourth-order valence-corrected chi connectivity index (χ4v) is 9.05. The van der Waals surface area contributed by atoms with E-state index in [0.717, 1.165) is 0 Å². The third-order valence-corrected chi connectivity index (χ3v) is 11.0. The first-order valence-electron chi connectivity index (χ1n) is 15.7. The van der Waals surface area contributed by atoms with E-state index in [-0.39, 0.29) is 0 Å². The van der Waals surface area contributed by atoms with Gasteiger partial charge in [-0.15, -0.1) is 11.3 Å². The Morgan fingerprint density at radius 3 is 1.98 bits per heavy atom. The lowest BCUT2D eigenvalue weighted by atomic mass is 10.1. The number of hydrogen-bond donors (Lipinski definition) is 0. The van der Waals surface area contributed by atoms with Crippen LogP contribution >= 0.6 is 11.3 Å². The molecule has 4 heteroatoms. The van der Waals surface area contributed by atoms with Crippen molar-refractivity contribution in [2.45, 2.75) is 0 Å². The van der Waals surface area contributed by atoms with E-state index in [1.165, 1.54) is 92.2 Å². The molecule has 3 nitrogen and oxygen atoms in total. The molecule has 0 atom stereocenters. The summed E-state index contributed by atoms with van der Waals surface area (Å²) in [7, 11) is 0. The highest BCUT2D eigenvalue weighted by Crippen LogP contribution is 2.52. The highest BCUT2D eigenvalue weighted by atomic mass is 32.1. The summed E-state index contributed by atoms with van der Waals surface area (Å²) in [5.74, 6) is 0. The highest BCUT2D eigenvalue weighted by Gasteiger charge is 2.30. The lowest BCUT2D eigenvalue weighted by molar-refractivity contribution is 1.12. The second-order valence-corrected chi connectivity index (χ2v) is 13.2. The minimum atomic E-state index is 1.17. The van der Waals surface area contributed by atoms with E-state index < -0.39 is 0 Å². The van der Waals surface area contributed by atoms with Gasteiger partial charge in [0.05, 0.1) is 39.1 Å². The highest BCUT2D eigenvalue weighted by molar-refractivity contribution is 7.25. The zero-order valence-electron chi connectivity index (χ0n) is 24.7. The average Bonchev–Trinajstić information content (AvgIpc) is 3.77. The predicted molar refractivity (Wildman–Crippen MR) is 196 cm³/mol. The Morgan fingerprint density at radius 1 is 0.370 bits per heavy atom. The maximum Gasteiger partial charge on any atom is 0.0783 e. The molecule has 0 amide bonds. The summed E-state index contributed by atoms with van der Waals surface area (Å²) < 4.78 is 7.60. The van der Waals surface area contributed by atoms with Gasteiger partial charge in [0.25, 0.3) is 0 Å². The SMILES string of the molecule is c1ccc(-n2c3ccccc3c3c2ccc2c4cccc5c4n(c23)-c2ccccc2N5c2ccc3sc4ccccc4c3c2)cc1. The number of nitrogens with zero attached hydrogens (tertiary/aromatic N) is 3. The zero-order chi connectivity index (χ0) is 29.9. The van der Waals surface area contributed by atoms with Crippen LogP contribution in [0.3, 0.4) is 0 Å². The first-order chi connectivity index (χ1) is 22.8. The largest absolute Gasteiger partial charge is 0.309 e. The van der Waals surface area contributed by atoms with Crippen LogP contribution in [-0.2, 0) is 0 Å². The number of fused-ring (bicyclic) bond motifs is 12. The van der Waals surface area contributed by atoms with Gasteiger partial charge in [-0.05, 0) is 66.7 Å². The molecule has 0 aliphatic carbocycles. The van der Waals surface area contributed by atoms with Crippen molar-refractivity contribution in [2.75, 3.05) is 4.90 Å². The monoisotopic (exact) mass is 603 g/mol. The van der Waals surface area contributed by atoms with Crippen LogP contribution in [0.5, 0.6) is 0 Å². The standard InChI is InChI=1S/C42H25N3S/c1-2-11-26(12-3-1)43-33-16-6-4-14-31(33)40-36(43)23-22-30-29-15-10-19-37-41(29)45(42(30)40)35-18-8-7-17-34(35)44(37)27-21-24-39-32(25-27)28-13-5-9-20-38(28)46-39/h1-25H. The van der Waals surface area contributed by atoms with Crippen molar-refractivity contribution in [1.29, 1.82) is 0 Å². The number of benzene rings is 7. The molecule has 1 aliphatic rings. The van der Waals surface area contributed by atoms with Crippen LogP contribution in [0.4, 0.5) is 17.1 Å². The smallest absolute Gasteiger partial charge is 0.0783 e. The van der Waals surface area contributed by atoms with Crippen molar-refractivity contribution in [1.82, 2.24) is 9.13 Å². The van der Waals surface area contributed by atoms with E-state index in [2.05, 4.69) is 166 Å². The number of thiophene rings is 1. The average molecular weight is 604 g/mol. The van der Waals surface area contributed by atoms with Crippen LogP contribution < -0.4 is 4.90 Å². The Morgan fingerprint density at radius 2 is 1.07 bits per heavy atom. The summed E-state index contributed by atoms with van der Waals surface area (Å²) in [6, 6.07) is 55.6. The Labute approximate surface area is 268 Å².